The monoisotopic (exact) mass is 234 g/mol. The van der Waals surface area contributed by atoms with E-state index in [1.807, 2.05) is 18.2 Å². The van der Waals surface area contributed by atoms with Crippen LogP contribution in [0.25, 0.3) is 0 Å². The molecule has 0 saturated heterocycles. The first-order chi connectivity index (χ1) is 8.06. The van der Waals surface area contributed by atoms with Crippen molar-refractivity contribution in [2.24, 2.45) is 11.8 Å². The van der Waals surface area contributed by atoms with Crippen molar-refractivity contribution in [1.29, 1.82) is 0 Å². The minimum atomic E-state index is -0.703. The highest BCUT2D eigenvalue weighted by Crippen LogP contribution is 2.30. The van der Waals surface area contributed by atoms with Crippen LogP contribution in [-0.4, -0.2) is 17.7 Å². The third-order valence-electron chi connectivity index (χ3n) is 3.04. The smallest absolute Gasteiger partial charge is 0.307 e. The minimum absolute atomic E-state index is 0.259. The summed E-state index contributed by atoms with van der Waals surface area (Å²) in [5.41, 5.74) is 2.27. The van der Waals surface area contributed by atoms with Gasteiger partial charge in [-0.15, -0.1) is 0 Å². The Hall–Kier alpha value is -1.51. The van der Waals surface area contributed by atoms with Gasteiger partial charge in [0, 0.05) is 0 Å². The van der Waals surface area contributed by atoms with E-state index in [1.165, 1.54) is 0 Å². The summed E-state index contributed by atoms with van der Waals surface area (Å²) in [6.45, 7) is 4.91. The van der Waals surface area contributed by atoms with E-state index in [-0.39, 0.29) is 5.92 Å². The molecular weight excluding hydrogens is 216 g/mol. The maximum atomic E-state index is 10.9. The molecule has 0 radical (unpaired) electrons. The topological polar surface area (TPSA) is 46.5 Å². The van der Waals surface area contributed by atoms with Crippen molar-refractivity contribution in [2.75, 3.05) is 6.61 Å². The molecule has 1 aromatic rings. The van der Waals surface area contributed by atoms with E-state index in [1.54, 1.807) is 0 Å². The molecule has 1 aliphatic carbocycles. The molecule has 1 N–H and O–H groups in total. The van der Waals surface area contributed by atoms with Crippen molar-refractivity contribution >= 4 is 5.97 Å². The summed E-state index contributed by atoms with van der Waals surface area (Å²) in [5, 5.41) is 9.00. The van der Waals surface area contributed by atoms with Gasteiger partial charge in [-0.25, -0.2) is 0 Å². The molecule has 17 heavy (non-hydrogen) atoms. The highest BCUT2D eigenvalue weighted by Gasteiger charge is 2.27. The second-order valence-electron chi connectivity index (χ2n) is 5.08. The van der Waals surface area contributed by atoms with E-state index >= 15 is 0 Å². The van der Waals surface area contributed by atoms with Crippen LogP contribution < -0.4 is 4.74 Å². The molecule has 92 valence electrons. The number of fused-ring (bicyclic) bond motifs is 1. The number of hydrogen-bond donors (Lipinski definition) is 1. The van der Waals surface area contributed by atoms with Gasteiger partial charge < -0.3 is 9.84 Å². The van der Waals surface area contributed by atoms with Gasteiger partial charge in [0.25, 0.3) is 0 Å². The maximum absolute atomic E-state index is 10.9. The zero-order chi connectivity index (χ0) is 12.4. The summed E-state index contributed by atoms with van der Waals surface area (Å²) in [7, 11) is 0. The van der Waals surface area contributed by atoms with E-state index < -0.39 is 5.97 Å². The predicted octanol–water partition coefficient (Wildman–Crippen LogP) is 2.52. The lowest BCUT2D eigenvalue weighted by atomic mass is 10.1. The average Bonchev–Trinajstić information content (AvgIpc) is 2.69. The quantitative estimate of drug-likeness (QED) is 0.870. The lowest BCUT2D eigenvalue weighted by Crippen LogP contribution is -2.12. The van der Waals surface area contributed by atoms with Gasteiger partial charge in [0.2, 0.25) is 0 Å². The fraction of sp³-hybridized carbons (Fsp3) is 0.500. The van der Waals surface area contributed by atoms with Gasteiger partial charge in [-0.05, 0) is 42.0 Å². The Bertz CT molecular complexity index is 423. The number of ether oxygens (including phenoxy) is 1. The first-order valence-corrected chi connectivity index (χ1v) is 6.03. The van der Waals surface area contributed by atoms with Crippen molar-refractivity contribution < 1.29 is 14.6 Å². The number of benzene rings is 1. The van der Waals surface area contributed by atoms with Gasteiger partial charge in [0.15, 0.2) is 0 Å². The molecule has 0 aromatic heterocycles. The Morgan fingerprint density at radius 1 is 1.41 bits per heavy atom. The zero-order valence-electron chi connectivity index (χ0n) is 10.3. The number of carbonyl (C=O) groups is 1. The lowest BCUT2D eigenvalue weighted by molar-refractivity contribution is -0.141. The lowest BCUT2D eigenvalue weighted by Gasteiger charge is -2.09. The third-order valence-corrected chi connectivity index (χ3v) is 3.04. The van der Waals surface area contributed by atoms with Crippen molar-refractivity contribution in [2.45, 2.75) is 26.7 Å². The minimum Gasteiger partial charge on any atom is -0.493 e. The van der Waals surface area contributed by atoms with Gasteiger partial charge in [-0.2, -0.15) is 0 Å². The average molecular weight is 234 g/mol. The molecule has 1 aromatic carbocycles. The molecule has 0 saturated carbocycles. The summed E-state index contributed by atoms with van der Waals surface area (Å²) >= 11 is 0. The van der Waals surface area contributed by atoms with Crippen molar-refractivity contribution in [1.82, 2.24) is 0 Å². The third kappa shape index (κ3) is 2.78. The molecule has 3 nitrogen and oxygen atoms in total. The van der Waals surface area contributed by atoms with Gasteiger partial charge >= 0.3 is 5.97 Å². The number of aliphatic carboxylic acids is 1. The molecule has 1 aliphatic rings. The Morgan fingerprint density at radius 3 is 2.76 bits per heavy atom. The Morgan fingerprint density at radius 2 is 2.12 bits per heavy atom. The number of rotatable bonds is 4. The number of carboxylic acid groups (broad SMARTS) is 1. The van der Waals surface area contributed by atoms with Crippen LogP contribution in [0.3, 0.4) is 0 Å². The Balaban J connectivity index is 2.07. The van der Waals surface area contributed by atoms with Crippen LogP contribution >= 0.6 is 0 Å². The maximum Gasteiger partial charge on any atom is 0.307 e. The molecule has 0 spiro atoms. The van der Waals surface area contributed by atoms with E-state index in [0.29, 0.717) is 25.4 Å². The van der Waals surface area contributed by atoms with Crippen molar-refractivity contribution in [3.05, 3.63) is 29.3 Å². The van der Waals surface area contributed by atoms with Crippen LogP contribution in [0.15, 0.2) is 18.2 Å². The second-order valence-corrected chi connectivity index (χ2v) is 5.08. The molecule has 0 aliphatic heterocycles. The molecule has 2 rings (SSSR count). The van der Waals surface area contributed by atoms with Crippen molar-refractivity contribution in [3.8, 4) is 5.75 Å². The van der Waals surface area contributed by atoms with E-state index in [0.717, 1.165) is 16.9 Å². The largest absolute Gasteiger partial charge is 0.493 e. The van der Waals surface area contributed by atoms with Gasteiger partial charge in [-0.3, -0.25) is 4.79 Å². The molecule has 0 fully saturated rings. The fourth-order valence-corrected chi connectivity index (χ4v) is 2.12. The Kier molecular flexibility index (Phi) is 3.36. The van der Waals surface area contributed by atoms with Crippen LogP contribution in [0.1, 0.15) is 25.0 Å². The molecule has 3 heteroatoms. The van der Waals surface area contributed by atoms with Crippen LogP contribution in [-0.2, 0) is 17.6 Å². The first kappa shape index (κ1) is 12.0. The fourth-order valence-electron chi connectivity index (χ4n) is 2.12. The zero-order valence-corrected chi connectivity index (χ0v) is 10.3. The summed E-state index contributed by atoms with van der Waals surface area (Å²) in [4.78, 5) is 10.9. The summed E-state index contributed by atoms with van der Waals surface area (Å²) in [5.74, 6) is 0.384. The summed E-state index contributed by atoms with van der Waals surface area (Å²) < 4.78 is 5.64. The highest BCUT2D eigenvalue weighted by atomic mass is 16.5. The highest BCUT2D eigenvalue weighted by molar-refractivity contribution is 5.72. The van der Waals surface area contributed by atoms with Crippen LogP contribution in [0, 0.1) is 11.8 Å². The van der Waals surface area contributed by atoms with E-state index in [4.69, 9.17) is 9.84 Å². The molecule has 1 atom stereocenters. The first-order valence-electron chi connectivity index (χ1n) is 6.03. The van der Waals surface area contributed by atoms with Gasteiger partial charge in [0.1, 0.15) is 5.75 Å². The van der Waals surface area contributed by atoms with Crippen LogP contribution in [0.5, 0.6) is 5.75 Å². The molecule has 0 amide bonds. The van der Waals surface area contributed by atoms with Crippen molar-refractivity contribution in [3.63, 3.8) is 0 Å². The van der Waals surface area contributed by atoms with Gasteiger partial charge in [0.05, 0.1) is 12.5 Å². The summed E-state index contributed by atoms with van der Waals surface area (Å²) in [6, 6.07) is 5.92. The Labute approximate surface area is 101 Å². The second kappa shape index (κ2) is 4.78. The number of hydrogen-bond acceptors (Lipinski definition) is 2. The standard InChI is InChI=1S/C14H18O3/c1-9(2)8-17-13-4-3-10-5-12(14(15)16)6-11(10)7-13/h3-4,7,9,12H,5-6,8H2,1-2H3,(H,15,16). The summed E-state index contributed by atoms with van der Waals surface area (Å²) in [6.07, 6.45) is 1.28. The van der Waals surface area contributed by atoms with Crippen LogP contribution in [0.2, 0.25) is 0 Å². The molecule has 1 unspecified atom stereocenters. The number of carboxylic acids is 1. The van der Waals surface area contributed by atoms with E-state index in [9.17, 15) is 4.79 Å². The predicted molar refractivity (Wildman–Crippen MR) is 65.3 cm³/mol. The SMILES string of the molecule is CC(C)COc1ccc2c(c1)CC(C(=O)O)C2. The normalized spacial score (nSPS) is 18.2. The van der Waals surface area contributed by atoms with E-state index in [2.05, 4.69) is 13.8 Å². The van der Waals surface area contributed by atoms with Crippen LogP contribution in [0.4, 0.5) is 0 Å². The molecule has 0 heterocycles. The molecule has 0 bridgehead atoms. The molecular formula is C14H18O3. The van der Waals surface area contributed by atoms with Gasteiger partial charge in [-0.1, -0.05) is 19.9 Å².